The maximum atomic E-state index is 14.1. The van der Waals surface area contributed by atoms with Crippen LogP contribution in [0.4, 0.5) is 5.69 Å². The summed E-state index contributed by atoms with van der Waals surface area (Å²) in [7, 11) is -2.80. The average Bonchev–Trinajstić information content (AvgIpc) is 3.50. The molecule has 0 saturated heterocycles. The number of ether oxygens (including phenoxy) is 1. The predicted octanol–water partition coefficient (Wildman–Crippen LogP) is 5.06. The Hall–Kier alpha value is -3.56. The van der Waals surface area contributed by atoms with E-state index in [9.17, 15) is 18.0 Å². The number of sulfonamides is 1. The molecule has 0 bridgehead atoms. The largest absolute Gasteiger partial charge is 0.495 e. The summed E-state index contributed by atoms with van der Waals surface area (Å²) in [6.45, 7) is 1.36. The summed E-state index contributed by atoms with van der Waals surface area (Å²) in [6.07, 6.45) is 4.44. The van der Waals surface area contributed by atoms with Crippen LogP contribution in [0.5, 0.6) is 5.75 Å². The molecule has 2 amide bonds. The van der Waals surface area contributed by atoms with Gasteiger partial charge in [0.05, 0.1) is 17.7 Å². The van der Waals surface area contributed by atoms with Gasteiger partial charge in [0.2, 0.25) is 11.8 Å². The van der Waals surface area contributed by atoms with E-state index >= 15 is 0 Å². The van der Waals surface area contributed by atoms with Crippen LogP contribution in [-0.2, 0) is 26.0 Å². The molecule has 0 heterocycles. The highest BCUT2D eigenvalue weighted by Gasteiger charge is 2.34. The minimum Gasteiger partial charge on any atom is -0.495 e. The molecule has 1 aliphatic rings. The van der Waals surface area contributed by atoms with E-state index in [1.807, 2.05) is 30.3 Å². The van der Waals surface area contributed by atoms with Gasteiger partial charge in [0, 0.05) is 17.6 Å². The number of benzene rings is 3. The molecule has 1 N–H and O–H groups in total. The maximum Gasteiger partial charge on any atom is 0.264 e. The lowest BCUT2D eigenvalue weighted by atomic mass is 10.1. The smallest absolute Gasteiger partial charge is 0.264 e. The van der Waals surface area contributed by atoms with Gasteiger partial charge in [0.25, 0.3) is 10.0 Å². The number of rotatable bonds is 12. The minimum absolute atomic E-state index is 0.0117. The van der Waals surface area contributed by atoms with Crippen molar-refractivity contribution in [2.24, 2.45) is 0 Å². The molecule has 8 nitrogen and oxygen atoms in total. The Morgan fingerprint density at radius 1 is 1.00 bits per heavy atom. The first-order chi connectivity index (χ1) is 19.7. The van der Waals surface area contributed by atoms with Gasteiger partial charge in [-0.05, 0) is 62.1 Å². The number of hydrogen-bond acceptors (Lipinski definition) is 5. The van der Waals surface area contributed by atoms with Crippen molar-refractivity contribution < 1.29 is 22.7 Å². The van der Waals surface area contributed by atoms with Crippen LogP contribution in [0.15, 0.2) is 83.8 Å². The quantitative estimate of drug-likeness (QED) is 0.315. The summed E-state index contributed by atoms with van der Waals surface area (Å²) >= 11 is 6.28. The fourth-order valence-electron chi connectivity index (χ4n) is 5.05. The van der Waals surface area contributed by atoms with E-state index in [0.717, 1.165) is 35.6 Å². The molecular weight excluding hydrogens is 562 g/mol. The lowest BCUT2D eigenvalue weighted by molar-refractivity contribution is -0.139. The van der Waals surface area contributed by atoms with E-state index in [-0.39, 0.29) is 39.8 Å². The molecule has 3 aromatic carbocycles. The summed E-state index contributed by atoms with van der Waals surface area (Å²) in [5, 5.41) is 3.36. The van der Waals surface area contributed by atoms with E-state index in [2.05, 4.69) is 5.32 Å². The van der Waals surface area contributed by atoms with E-state index in [1.54, 1.807) is 37.3 Å². The molecule has 3 aromatic rings. The highest BCUT2D eigenvalue weighted by molar-refractivity contribution is 7.92. The Bertz CT molecular complexity index is 1430. The monoisotopic (exact) mass is 597 g/mol. The van der Waals surface area contributed by atoms with Gasteiger partial charge in [-0.3, -0.25) is 13.9 Å². The van der Waals surface area contributed by atoms with Gasteiger partial charge in [-0.25, -0.2) is 8.42 Å². The standard InChI is InChI=1S/C31H36ClN3O5S/c1-23(31(37)33-26-13-9-10-14-26)34(20-19-24-11-5-3-6-12-24)30(36)22-35(28-21-25(32)17-18-29(28)40-2)41(38,39)27-15-7-4-8-16-27/h3-8,11-12,15-18,21,23,26H,9-10,13-14,19-20,22H2,1-2H3,(H,33,37)/t23-/m1/s1. The van der Waals surface area contributed by atoms with Crippen molar-refractivity contribution in [3.8, 4) is 5.75 Å². The van der Waals surface area contributed by atoms with Crippen LogP contribution in [0.25, 0.3) is 0 Å². The minimum atomic E-state index is -4.22. The Morgan fingerprint density at radius 2 is 1.63 bits per heavy atom. The Balaban J connectivity index is 1.69. The van der Waals surface area contributed by atoms with Crippen LogP contribution in [0.3, 0.4) is 0 Å². The first-order valence-electron chi connectivity index (χ1n) is 13.8. The van der Waals surface area contributed by atoms with E-state index in [1.165, 1.54) is 30.2 Å². The molecule has 0 unspecified atom stereocenters. The lowest BCUT2D eigenvalue weighted by Gasteiger charge is -2.33. The zero-order valence-electron chi connectivity index (χ0n) is 23.3. The SMILES string of the molecule is COc1ccc(Cl)cc1N(CC(=O)N(CCc1ccccc1)[C@H](C)C(=O)NC1CCCC1)S(=O)(=O)c1ccccc1. The first-order valence-corrected chi connectivity index (χ1v) is 15.6. The van der Waals surface area contributed by atoms with Gasteiger partial charge < -0.3 is 15.0 Å². The second-order valence-electron chi connectivity index (χ2n) is 10.1. The number of carbonyl (C=O) groups is 2. The van der Waals surface area contributed by atoms with E-state index in [4.69, 9.17) is 16.3 Å². The normalized spacial score (nSPS) is 14.3. The fourth-order valence-corrected chi connectivity index (χ4v) is 6.66. The second kappa shape index (κ2) is 13.9. The van der Waals surface area contributed by atoms with Crippen molar-refractivity contribution in [3.63, 3.8) is 0 Å². The molecule has 1 atom stereocenters. The summed E-state index contributed by atoms with van der Waals surface area (Å²) in [5.74, 6) is -0.530. The Labute approximate surface area is 247 Å². The molecular formula is C31H36ClN3O5S. The molecule has 1 aliphatic carbocycles. The van der Waals surface area contributed by atoms with Crippen molar-refractivity contribution in [1.82, 2.24) is 10.2 Å². The van der Waals surface area contributed by atoms with Crippen molar-refractivity contribution in [2.45, 2.75) is 56.0 Å². The van der Waals surface area contributed by atoms with Gasteiger partial charge >= 0.3 is 0 Å². The van der Waals surface area contributed by atoms with Crippen molar-refractivity contribution in [3.05, 3.63) is 89.4 Å². The number of halogens is 1. The number of methoxy groups -OCH3 is 1. The molecule has 4 rings (SSSR count). The summed E-state index contributed by atoms with van der Waals surface area (Å²) < 4.78 is 34.4. The Kier molecular flexibility index (Phi) is 10.3. The van der Waals surface area contributed by atoms with Gasteiger partial charge in [-0.2, -0.15) is 0 Å². The number of nitrogens with zero attached hydrogens (tertiary/aromatic N) is 2. The van der Waals surface area contributed by atoms with Crippen molar-refractivity contribution in [2.75, 3.05) is 24.5 Å². The number of anilines is 1. The van der Waals surface area contributed by atoms with Crippen molar-refractivity contribution >= 4 is 39.1 Å². The highest BCUT2D eigenvalue weighted by Crippen LogP contribution is 2.35. The zero-order valence-corrected chi connectivity index (χ0v) is 24.9. The lowest BCUT2D eigenvalue weighted by Crippen LogP contribution is -2.53. The molecule has 1 fully saturated rings. The molecule has 0 spiro atoms. The second-order valence-corrected chi connectivity index (χ2v) is 12.4. The predicted molar refractivity (Wildman–Crippen MR) is 161 cm³/mol. The third-order valence-electron chi connectivity index (χ3n) is 7.37. The van der Waals surface area contributed by atoms with Gasteiger partial charge in [0.15, 0.2) is 0 Å². The van der Waals surface area contributed by atoms with Crippen LogP contribution in [0.1, 0.15) is 38.2 Å². The third-order valence-corrected chi connectivity index (χ3v) is 9.38. The van der Waals surface area contributed by atoms with E-state index in [0.29, 0.717) is 6.42 Å². The topological polar surface area (TPSA) is 96.0 Å². The summed E-state index contributed by atoms with van der Waals surface area (Å²) in [4.78, 5) is 28.8. The van der Waals surface area contributed by atoms with E-state index < -0.39 is 28.5 Å². The number of hydrogen-bond donors (Lipinski definition) is 1. The number of carbonyl (C=O) groups excluding carboxylic acids is 2. The number of amides is 2. The molecule has 0 aromatic heterocycles. The number of nitrogens with one attached hydrogen (secondary N) is 1. The van der Waals surface area contributed by atoms with Crippen LogP contribution < -0.4 is 14.4 Å². The van der Waals surface area contributed by atoms with Crippen molar-refractivity contribution in [1.29, 1.82) is 0 Å². The maximum absolute atomic E-state index is 14.1. The van der Waals surface area contributed by atoms with Crippen LogP contribution in [0.2, 0.25) is 5.02 Å². The molecule has 1 saturated carbocycles. The van der Waals surface area contributed by atoms with Crippen LogP contribution in [0, 0.1) is 0 Å². The Morgan fingerprint density at radius 3 is 2.27 bits per heavy atom. The van der Waals surface area contributed by atoms with Gasteiger partial charge in [-0.15, -0.1) is 0 Å². The molecule has 218 valence electrons. The fraction of sp³-hybridized carbons (Fsp3) is 0.355. The average molecular weight is 598 g/mol. The molecule has 10 heteroatoms. The van der Waals surface area contributed by atoms with Gasteiger partial charge in [0.1, 0.15) is 18.3 Å². The molecule has 0 radical (unpaired) electrons. The summed E-state index contributed by atoms with van der Waals surface area (Å²) in [5.41, 5.74) is 1.13. The zero-order chi connectivity index (χ0) is 29.4. The molecule has 41 heavy (non-hydrogen) atoms. The van der Waals surface area contributed by atoms with Crippen LogP contribution >= 0.6 is 11.6 Å². The summed E-state index contributed by atoms with van der Waals surface area (Å²) in [6, 6.07) is 21.4. The van der Waals surface area contributed by atoms with Crippen LogP contribution in [-0.4, -0.2) is 57.4 Å². The third kappa shape index (κ3) is 7.59. The van der Waals surface area contributed by atoms with Gasteiger partial charge in [-0.1, -0.05) is 73.0 Å². The highest BCUT2D eigenvalue weighted by atomic mass is 35.5. The first kappa shape index (κ1) is 30.4. The molecule has 0 aliphatic heterocycles.